The molecular formula is C16H19N3O2. The molecular weight excluding hydrogens is 266 g/mol. The van der Waals surface area contributed by atoms with Gasteiger partial charge in [-0.3, -0.25) is 9.48 Å². The van der Waals surface area contributed by atoms with E-state index in [9.17, 15) is 4.79 Å². The van der Waals surface area contributed by atoms with E-state index in [1.807, 2.05) is 42.1 Å². The minimum absolute atomic E-state index is 0.0359. The van der Waals surface area contributed by atoms with Crippen LogP contribution in [0.5, 0.6) is 5.75 Å². The third-order valence-electron chi connectivity index (χ3n) is 3.73. The molecule has 0 unspecified atom stereocenters. The molecule has 0 fully saturated rings. The molecule has 0 radical (unpaired) electrons. The van der Waals surface area contributed by atoms with Crippen LogP contribution in [0.3, 0.4) is 0 Å². The molecule has 0 aliphatic carbocycles. The van der Waals surface area contributed by atoms with Gasteiger partial charge in [0.25, 0.3) is 0 Å². The highest BCUT2D eigenvalue weighted by atomic mass is 16.5. The quantitative estimate of drug-likeness (QED) is 0.931. The van der Waals surface area contributed by atoms with Gasteiger partial charge in [0.1, 0.15) is 12.4 Å². The lowest BCUT2D eigenvalue weighted by Crippen LogP contribution is -2.36. The number of hydrogen-bond acceptors (Lipinski definition) is 3. The highest BCUT2D eigenvalue weighted by Gasteiger charge is 2.25. The zero-order valence-corrected chi connectivity index (χ0v) is 12.1. The SMILES string of the molecule is CCn1cc(CNC(=O)[C@@H]2COc3ccccc3C2)cn1. The molecule has 1 aliphatic heterocycles. The fourth-order valence-corrected chi connectivity index (χ4v) is 2.50. The number of carbonyl (C=O) groups is 1. The molecule has 0 bridgehead atoms. The Morgan fingerprint density at radius 1 is 1.48 bits per heavy atom. The second-order valence-electron chi connectivity index (χ2n) is 5.24. The van der Waals surface area contributed by atoms with Crippen molar-refractivity contribution in [2.75, 3.05) is 6.61 Å². The van der Waals surface area contributed by atoms with Gasteiger partial charge in [-0.2, -0.15) is 5.10 Å². The minimum atomic E-state index is -0.124. The van der Waals surface area contributed by atoms with Crippen molar-refractivity contribution in [3.63, 3.8) is 0 Å². The van der Waals surface area contributed by atoms with Crippen LogP contribution < -0.4 is 10.1 Å². The lowest BCUT2D eigenvalue weighted by Gasteiger charge is -2.24. The number of benzene rings is 1. The summed E-state index contributed by atoms with van der Waals surface area (Å²) < 4.78 is 7.50. The van der Waals surface area contributed by atoms with E-state index < -0.39 is 0 Å². The predicted octanol–water partition coefficient (Wildman–Crippen LogP) is 1.77. The monoisotopic (exact) mass is 285 g/mol. The molecule has 2 aromatic rings. The molecule has 1 aliphatic rings. The summed E-state index contributed by atoms with van der Waals surface area (Å²) in [4.78, 5) is 12.2. The van der Waals surface area contributed by atoms with Gasteiger partial charge in [-0.05, 0) is 25.0 Å². The number of fused-ring (bicyclic) bond motifs is 1. The molecule has 1 N–H and O–H groups in total. The molecule has 110 valence electrons. The summed E-state index contributed by atoms with van der Waals surface area (Å²) >= 11 is 0. The van der Waals surface area contributed by atoms with Gasteiger partial charge in [0.05, 0.1) is 12.1 Å². The lowest BCUT2D eigenvalue weighted by molar-refractivity contribution is -0.126. The molecule has 21 heavy (non-hydrogen) atoms. The van der Waals surface area contributed by atoms with Crippen LogP contribution in [-0.4, -0.2) is 22.3 Å². The Morgan fingerprint density at radius 3 is 3.14 bits per heavy atom. The number of hydrogen-bond donors (Lipinski definition) is 1. The van der Waals surface area contributed by atoms with Gasteiger partial charge in [0.15, 0.2) is 0 Å². The first kappa shape index (κ1) is 13.7. The molecule has 0 spiro atoms. The maximum absolute atomic E-state index is 12.2. The summed E-state index contributed by atoms with van der Waals surface area (Å²) in [5.41, 5.74) is 2.12. The zero-order valence-electron chi connectivity index (χ0n) is 12.1. The summed E-state index contributed by atoms with van der Waals surface area (Å²) in [6.45, 7) is 3.82. The fourth-order valence-electron chi connectivity index (χ4n) is 2.50. The van der Waals surface area contributed by atoms with Crippen molar-refractivity contribution >= 4 is 5.91 Å². The number of nitrogens with zero attached hydrogens (tertiary/aromatic N) is 2. The predicted molar refractivity (Wildman–Crippen MR) is 78.9 cm³/mol. The van der Waals surface area contributed by atoms with Gasteiger partial charge in [-0.25, -0.2) is 0 Å². The summed E-state index contributed by atoms with van der Waals surface area (Å²) in [6, 6.07) is 7.88. The standard InChI is InChI=1S/C16H19N3O2/c1-2-19-10-12(9-18-19)8-17-16(20)14-7-13-5-3-4-6-15(13)21-11-14/h3-6,9-10,14H,2,7-8,11H2,1H3,(H,17,20)/t14-/m0/s1. The van der Waals surface area contributed by atoms with Gasteiger partial charge < -0.3 is 10.1 Å². The maximum atomic E-state index is 12.2. The van der Waals surface area contributed by atoms with E-state index in [0.29, 0.717) is 13.2 Å². The van der Waals surface area contributed by atoms with E-state index in [-0.39, 0.29) is 11.8 Å². The van der Waals surface area contributed by atoms with Gasteiger partial charge in [0, 0.05) is 24.8 Å². The van der Waals surface area contributed by atoms with Crippen LogP contribution in [0.4, 0.5) is 0 Å². The molecule has 1 amide bonds. The molecule has 3 rings (SSSR count). The molecule has 1 atom stereocenters. The molecule has 5 heteroatoms. The fraction of sp³-hybridized carbons (Fsp3) is 0.375. The average molecular weight is 285 g/mol. The highest BCUT2D eigenvalue weighted by molar-refractivity contribution is 5.79. The Morgan fingerprint density at radius 2 is 2.33 bits per heavy atom. The Kier molecular flexibility index (Phi) is 3.90. The van der Waals surface area contributed by atoms with Crippen molar-refractivity contribution in [1.29, 1.82) is 0 Å². The largest absolute Gasteiger partial charge is 0.492 e. The Bertz CT molecular complexity index is 636. The number of ether oxygens (including phenoxy) is 1. The van der Waals surface area contributed by atoms with E-state index in [1.54, 1.807) is 6.20 Å². The number of amides is 1. The first-order chi connectivity index (χ1) is 10.3. The number of aryl methyl sites for hydroxylation is 1. The van der Waals surface area contributed by atoms with E-state index in [0.717, 1.165) is 29.8 Å². The number of carbonyl (C=O) groups excluding carboxylic acids is 1. The molecule has 1 aromatic carbocycles. The Balaban J connectivity index is 1.57. The van der Waals surface area contributed by atoms with Gasteiger partial charge >= 0.3 is 0 Å². The summed E-state index contributed by atoms with van der Waals surface area (Å²) in [6.07, 6.45) is 4.47. The lowest BCUT2D eigenvalue weighted by atomic mass is 9.96. The van der Waals surface area contributed by atoms with E-state index in [1.165, 1.54) is 0 Å². The van der Waals surface area contributed by atoms with Crippen LogP contribution in [0.1, 0.15) is 18.1 Å². The number of aromatic nitrogens is 2. The first-order valence-electron chi connectivity index (χ1n) is 7.26. The number of rotatable bonds is 4. The number of nitrogens with one attached hydrogen (secondary N) is 1. The van der Waals surface area contributed by atoms with Crippen molar-refractivity contribution in [2.24, 2.45) is 5.92 Å². The van der Waals surface area contributed by atoms with Crippen LogP contribution >= 0.6 is 0 Å². The van der Waals surface area contributed by atoms with Crippen LogP contribution in [0, 0.1) is 5.92 Å². The van der Waals surface area contributed by atoms with Crippen molar-refractivity contribution in [3.8, 4) is 5.75 Å². The summed E-state index contributed by atoms with van der Waals surface area (Å²) in [5.74, 6) is 0.806. The van der Waals surface area contributed by atoms with Crippen molar-refractivity contribution in [2.45, 2.75) is 26.4 Å². The van der Waals surface area contributed by atoms with Crippen molar-refractivity contribution in [1.82, 2.24) is 15.1 Å². The first-order valence-corrected chi connectivity index (χ1v) is 7.26. The zero-order chi connectivity index (χ0) is 14.7. The minimum Gasteiger partial charge on any atom is -0.492 e. The number of para-hydroxylation sites is 1. The van der Waals surface area contributed by atoms with E-state index in [2.05, 4.69) is 10.4 Å². The van der Waals surface area contributed by atoms with Crippen LogP contribution in [0.15, 0.2) is 36.7 Å². The van der Waals surface area contributed by atoms with E-state index >= 15 is 0 Å². The van der Waals surface area contributed by atoms with Crippen molar-refractivity contribution in [3.05, 3.63) is 47.8 Å². The Hall–Kier alpha value is -2.30. The van der Waals surface area contributed by atoms with Gasteiger partial charge in [0.2, 0.25) is 5.91 Å². The molecule has 0 saturated carbocycles. The maximum Gasteiger partial charge on any atom is 0.227 e. The molecule has 0 saturated heterocycles. The molecule has 1 aromatic heterocycles. The summed E-state index contributed by atoms with van der Waals surface area (Å²) in [7, 11) is 0. The molecule has 5 nitrogen and oxygen atoms in total. The molecule has 2 heterocycles. The second-order valence-corrected chi connectivity index (χ2v) is 5.24. The van der Waals surface area contributed by atoms with E-state index in [4.69, 9.17) is 4.74 Å². The average Bonchev–Trinajstić information content (AvgIpc) is 3.00. The normalized spacial score (nSPS) is 16.9. The van der Waals surface area contributed by atoms with Crippen molar-refractivity contribution < 1.29 is 9.53 Å². The van der Waals surface area contributed by atoms with Crippen LogP contribution in [0.2, 0.25) is 0 Å². The third-order valence-corrected chi connectivity index (χ3v) is 3.73. The van der Waals surface area contributed by atoms with Gasteiger partial charge in [-0.1, -0.05) is 18.2 Å². The topological polar surface area (TPSA) is 56.2 Å². The van der Waals surface area contributed by atoms with Gasteiger partial charge in [-0.15, -0.1) is 0 Å². The van der Waals surface area contributed by atoms with Crippen LogP contribution in [-0.2, 0) is 24.3 Å². The highest BCUT2D eigenvalue weighted by Crippen LogP contribution is 2.26. The third kappa shape index (κ3) is 3.07. The summed E-state index contributed by atoms with van der Waals surface area (Å²) in [5, 5.41) is 7.16. The van der Waals surface area contributed by atoms with Crippen LogP contribution in [0.25, 0.3) is 0 Å². The second kappa shape index (κ2) is 5.99. The smallest absolute Gasteiger partial charge is 0.227 e. The Labute approximate surface area is 123 Å².